The van der Waals surface area contributed by atoms with Crippen LogP contribution in [0.5, 0.6) is 0 Å². The summed E-state index contributed by atoms with van der Waals surface area (Å²) in [5.41, 5.74) is 2.65. The summed E-state index contributed by atoms with van der Waals surface area (Å²) in [6.45, 7) is 3.29. The van der Waals surface area contributed by atoms with Gasteiger partial charge in [-0.3, -0.25) is 9.59 Å². The van der Waals surface area contributed by atoms with Crippen LogP contribution < -0.4 is 0 Å². The Morgan fingerprint density at radius 2 is 1.51 bits per heavy atom. The van der Waals surface area contributed by atoms with E-state index in [4.69, 9.17) is 37.6 Å². The van der Waals surface area contributed by atoms with Crippen LogP contribution >= 0.6 is 15.9 Å². The number of carbonyl (C=O) groups excluding carboxylic acids is 3. The van der Waals surface area contributed by atoms with E-state index < -0.39 is 66.7 Å². The lowest BCUT2D eigenvalue weighted by Gasteiger charge is -2.45. The fraction of sp³-hybridized carbons (Fsp3) is 0.419. The number of hydrogen-bond acceptors (Lipinski definition) is 12. The molecule has 57 heavy (non-hydrogen) atoms. The topological polar surface area (TPSA) is 152 Å². The Labute approximate surface area is 340 Å². The van der Waals surface area contributed by atoms with Crippen LogP contribution in [0.15, 0.2) is 106 Å². The number of benzene rings is 3. The lowest BCUT2D eigenvalue weighted by molar-refractivity contribution is -0.319. The third-order valence-electron chi connectivity index (χ3n) is 9.92. The zero-order valence-corrected chi connectivity index (χ0v) is 33.7. The summed E-state index contributed by atoms with van der Waals surface area (Å²) >= 11 is 3.57. The monoisotopic (exact) mass is 849 g/mol. The van der Waals surface area contributed by atoms with Gasteiger partial charge in [0.25, 0.3) is 0 Å². The predicted octanol–water partition coefficient (Wildman–Crippen LogP) is 6.85. The van der Waals surface area contributed by atoms with Gasteiger partial charge < -0.3 is 42.7 Å². The van der Waals surface area contributed by atoms with Crippen LogP contribution in [-0.4, -0.2) is 85.6 Å². The fourth-order valence-corrected chi connectivity index (χ4v) is 7.53. The molecule has 6 rings (SSSR count). The maximum atomic E-state index is 13.9. The van der Waals surface area contributed by atoms with E-state index in [1.54, 1.807) is 13.0 Å². The second-order valence-electron chi connectivity index (χ2n) is 13.9. The van der Waals surface area contributed by atoms with Crippen LogP contribution in [0, 0.1) is 5.92 Å². The number of amides is 2. The molecule has 2 amide bonds. The number of esters is 1. The van der Waals surface area contributed by atoms with Gasteiger partial charge in [-0.25, -0.2) is 9.69 Å². The van der Waals surface area contributed by atoms with Crippen LogP contribution in [0.2, 0.25) is 0 Å². The minimum absolute atomic E-state index is 0.0133. The van der Waals surface area contributed by atoms with Crippen LogP contribution in [0.1, 0.15) is 60.6 Å². The van der Waals surface area contributed by atoms with Gasteiger partial charge in [-0.15, -0.1) is 0 Å². The highest BCUT2D eigenvalue weighted by Gasteiger charge is 2.49. The SMILES string of the molecule is CO[C@H]1O[C@H](CO)[C@@H](OCc2ccccc2)[C@H](OCc2ccccc2)[C@@H]1OCCCc1oc([C@@H](OC(C)=O)[C@H](C)C(=O)N2C(=O)OC[C@@H]2c2ccccc2)cc1Br. The van der Waals surface area contributed by atoms with Crippen molar-refractivity contribution in [1.29, 1.82) is 0 Å². The quantitative estimate of drug-likeness (QED) is 0.0823. The van der Waals surface area contributed by atoms with E-state index in [0.29, 0.717) is 23.1 Å². The van der Waals surface area contributed by atoms with Gasteiger partial charge in [-0.1, -0.05) is 91.0 Å². The molecule has 2 fully saturated rings. The Balaban J connectivity index is 1.14. The maximum absolute atomic E-state index is 13.9. The number of rotatable bonds is 18. The second kappa shape index (κ2) is 20.3. The highest BCUT2D eigenvalue weighted by molar-refractivity contribution is 9.10. The highest BCUT2D eigenvalue weighted by atomic mass is 79.9. The van der Waals surface area contributed by atoms with Crippen molar-refractivity contribution in [3.8, 4) is 0 Å². The van der Waals surface area contributed by atoms with Gasteiger partial charge in [0.05, 0.1) is 30.2 Å². The first-order chi connectivity index (χ1) is 27.7. The number of halogens is 1. The molecule has 8 atom stereocenters. The maximum Gasteiger partial charge on any atom is 0.417 e. The first kappa shape index (κ1) is 42.2. The molecule has 304 valence electrons. The number of imide groups is 1. The molecule has 1 N–H and O–H groups in total. The number of aliphatic hydroxyl groups excluding tert-OH is 1. The van der Waals surface area contributed by atoms with Crippen molar-refractivity contribution < 1.29 is 57.1 Å². The number of ether oxygens (including phenoxy) is 7. The summed E-state index contributed by atoms with van der Waals surface area (Å²) in [6.07, 6.45) is -4.71. The third kappa shape index (κ3) is 10.6. The molecule has 3 heterocycles. The van der Waals surface area contributed by atoms with Crippen molar-refractivity contribution in [3.05, 3.63) is 130 Å². The van der Waals surface area contributed by atoms with Crippen LogP contribution in [-0.2, 0) is 62.4 Å². The zero-order valence-electron chi connectivity index (χ0n) is 32.1. The van der Waals surface area contributed by atoms with Gasteiger partial charge in [0.15, 0.2) is 12.4 Å². The molecule has 13 nitrogen and oxygen atoms in total. The minimum Gasteiger partial charge on any atom is -0.461 e. The van der Waals surface area contributed by atoms with Gasteiger partial charge in [0.1, 0.15) is 48.6 Å². The van der Waals surface area contributed by atoms with Crippen molar-refractivity contribution in [1.82, 2.24) is 4.90 Å². The van der Waals surface area contributed by atoms with Crippen LogP contribution in [0.4, 0.5) is 4.79 Å². The number of aliphatic hydroxyl groups is 1. The Morgan fingerprint density at radius 1 is 0.895 bits per heavy atom. The molecule has 2 aliphatic rings. The summed E-state index contributed by atoms with van der Waals surface area (Å²) in [4.78, 5) is 40.1. The Morgan fingerprint density at radius 3 is 2.11 bits per heavy atom. The van der Waals surface area contributed by atoms with Crippen LogP contribution in [0.25, 0.3) is 0 Å². The molecule has 0 unspecified atom stereocenters. The van der Waals surface area contributed by atoms with E-state index in [1.807, 2.05) is 91.0 Å². The molecule has 0 aliphatic carbocycles. The summed E-state index contributed by atoms with van der Waals surface area (Å²) in [6, 6.07) is 29.6. The Bertz CT molecular complexity index is 1890. The molecule has 1 aromatic heterocycles. The average molecular weight is 851 g/mol. The third-order valence-corrected chi connectivity index (χ3v) is 10.6. The molecule has 0 spiro atoms. The van der Waals surface area contributed by atoms with Crippen LogP contribution in [0.3, 0.4) is 0 Å². The fourth-order valence-electron chi connectivity index (χ4n) is 7.02. The summed E-state index contributed by atoms with van der Waals surface area (Å²) in [7, 11) is 1.51. The molecule has 0 radical (unpaired) electrons. The number of cyclic esters (lactones) is 1. The van der Waals surface area contributed by atoms with E-state index in [9.17, 15) is 19.5 Å². The lowest BCUT2D eigenvalue weighted by atomic mass is 9.98. The van der Waals surface area contributed by atoms with Gasteiger partial charge in [-0.2, -0.15) is 0 Å². The summed E-state index contributed by atoms with van der Waals surface area (Å²) in [5, 5.41) is 10.4. The zero-order chi connectivity index (χ0) is 40.3. The smallest absolute Gasteiger partial charge is 0.417 e. The van der Waals surface area contributed by atoms with E-state index in [2.05, 4.69) is 15.9 Å². The van der Waals surface area contributed by atoms with Gasteiger partial charge in [0, 0.05) is 27.1 Å². The largest absolute Gasteiger partial charge is 0.461 e. The van der Waals surface area contributed by atoms with Crippen molar-refractivity contribution in [2.45, 2.75) is 82.8 Å². The molecule has 3 aromatic carbocycles. The highest BCUT2D eigenvalue weighted by Crippen LogP contribution is 2.37. The van der Waals surface area contributed by atoms with E-state index >= 15 is 0 Å². The molecule has 2 aliphatic heterocycles. The molecular weight excluding hydrogens is 802 g/mol. The number of aryl methyl sites for hydroxylation is 1. The number of methoxy groups -OCH3 is 1. The predicted molar refractivity (Wildman–Crippen MR) is 208 cm³/mol. The standard InChI is InChI=1S/C43H48BrNO12/c1-27(41(48)45-33(26-54-43(45)49)31-18-11-6-12-19-31)37(55-28(2)47)35-22-32(44)34(56-35)20-13-21-51-40-39(53-25-30-16-9-5-10-17-30)38(36(23-46)57-42(40)50-3)52-24-29-14-7-4-8-15-29/h4-12,14-19,22,27,33,36-40,42,46H,13,20-21,23-26H2,1-3H3/t27-,33+,36+,37-,38+,39-,40-,42-/m0/s1. The van der Waals surface area contributed by atoms with Crippen molar-refractivity contribution >= 4 is 33.9 Å². The minimum atomic E-state index is -1.13. The molecule has 4 aromatic rings. The second-order valence-corrected chi connectivity index (χ2v) is 14.7. The number of carbonyl (C=O) groups is 3. The van der Waals surface area contributed by atoms with E-state index in [0.717, 1.165) is 21.6 Å². The van der Waals surface area contributed by atoms with Gasteiger partial charge in [-0.05, 0) is 52.0 Å². The number of hydrogen-bond donors (Lipinski definition) is 1. The van der Waals surface area contributed by atoms with Crippen molar-refractivity contribution in [2.75, 3.05) is 26.9 Å². The number of nitrogens with zero attached hydrogens (tertiary/aromatic N) is 1. The van der Waals surface area contributed by atoms with Gasteiger partial charge >= 0.3 is 12.1 Å². The summed E-state index contributed by atoms with van der Waals surface area (Å²) < 4.78 is 49.0. The molecule has 14 heteroatoms. The van der Waals surface area contributed by atoms with Crippen molar-refractivity contribution in [2.24, 2.45) is 5.92 Å². The Hall–Kier alpha value is -4.41. The van der Waals surface area contributed by atoms with Gasteiger partial charge in [0.2, 0.25) is 5.91 Å². The Kier molecular flexibility index (Phi) is 15.1. The molecule has 0 saturated carbocycles. The average Bonchev–Trinajstić information content (AvgIpc) is 3.81. The molecular formula is C43H48BrNO12. The van der Waals surface area contributed by atoms with Crippen molar-refractivity contribution in [3.63, 3.8) is 0 Å². The number of furan rings is 1. The normalized spacial score (nSPS) is 23.2. The first-order valence-corrected chi connectivity index (χ1v) is 19.7. The molecule has 2 saturated heterocycles. The lowest BCUT2D eigenvalue weighted by Crippen LogP contribution is -2.61. The molecule has 0 bridgehead atoms. The first-order valence-electron chi connectivity index (χ1n) is 18.9. The van der Waals surface area contributed by atoms with E-state index in [1.165, 1.54) is 14.0 Å². The summed E-state index contributed by atoms with van der Waals surface area (Å²) in [5.74, 6) is -1.41. The van der Waals surface area contributed by atoms with E-state index in [-0.39, 0.29) is 38.8 Å².